The monoisotopic (exact) mass is 384 g/mol. The number of hydrogen-bond donors (Lipinski definition) is 1. The summed E-state index contributed by atoms with van der Waals surface area (Å²) in [6.45, 7) is 4.75. The number of sulfone groups is 1. The van der Waals surface area contributed by atoms with Gasteiger partial charge in [0.1, 0.15) is 10.5 Å². The van der Waals surface area contributed by atoms with Gasteiger partial charge in [-0.15, -0.1) is 0 Å². The first-order chi connectivity index (χ1) is 12.0. The first-order valence-corrected chi connectivity index (χ1v) is 9.76. The summed E-state index contributed by atoms with van der Waals surface area (Å²) in [6.07, 6.45) is -0.965. The topological polar surface area (TPSA) is 107 Å². The van der Waals surface area contributed by atoms with E-state index in [-0.39, 0.29) is 17.7 Å². The quantitative estimate of drug-likeness (QED) is 0.751. The maximum Gasteiger partial charge on any atom is 0.346 e. The largest absolute Gasteiger partial charge is 0.497 e. The fourth-order valence-electron chi connectivity index (χ4n) is 2.85. The highest BCUT2D eigenvalue weighted by Crippen LogP contribution is 2.47. The third-order valence-electron chi connectivity index (χ3n) is 4.64. The molecular weight excluding hydrogens is 360 g/mol. The predicted molar refractivity (Wildman–Crippen MR) is 93.7 cm³/mol. The van der Waals surface area contributed by atoms with Crippen LogP contribution in [0.2, 0.25) is 0 Å². The fraction of sp³-hybridized carbons (Fsp3) is 0.556. The Hall–Kier alpha value is -2.09. The van der Waals surface area contributed by atoms with E-state index in [1.54, 1.807) is 20.8 Å². The second kappa shape index (κ2) is 6.90. The van der Waals surface area contributed by atoms with E-state index in [1.165, 1.54) is 31.4 Å². The Balaban J connectivity index is 2.46. The molecule has 1 aromatic rings. The van der Waals surface area contributed by atoms with Gasteiger partial charge in [-0.05, 0) is 64.3 Å². The number of carbonyl (C=O) groups excluding carboxylic acids is 1. The lowest BCUT2D eigenvalue weighted by atomic mass is 9.79. The van der Waals surface area contributed by atoms with Crippen LogP contribution in [0.5, 0.6) is 5.75 Å². The van der Waals surface area contributed by atoms with Crippen molar-refractivity contribution >= 4 is 21.8 Å². The molecule has 0 bridgehead atoms. The number of methoxy groups -OCH3 is 1. The molecule has 1 aliphatic rings. The minimum absolute atomic E-state index is 0.0175. The number of carbonyl (C=O) groups is 2. The van der Waals surface area contributed by atoms with Crippen molar-refractivity contribution in [2.45, 2.75) is 55.8 Å². The molecule has 0 saturated heterocycles. The smallest absolute Gasteiger partial charge is 0.346 e. The summed E-state index contributed by atoms with van der Waals surface area (Å²) in [5.41, 5.74) is -0.942. The SMILES string of the molecule is COc1ccc(S(=O)(=O)C2(C(OC(=O)C(C)(C)C)C(=O)O)CCC2)cc1. The third-order valence-corrected chi connectivity index (χ3v) is 7.23. The average Bonchev–Trinajstić information content (AvgIpc) is 2.51. The fourth-order valence-corrected chi connectivity index (χ4v) is 5.07. The molecule has 2 rings (SSSR count). The van der Waals surface area contributed by atoms with Crippen molar-refractivity contribution in [3.05, 3.63) is 24.3 Å². The van der Waals surface area contributed by atoms with Gasteiger partial charge in [-0.2, -0.15) is 0 Å². The number of benzene rings is 1. The van der Waals surface area contributed by atoms with Crippen LogP contribution >= 0.6 is 0 Å². The molecule has 1 atom stereocenters. The minimum atomic E-state index is -4.04. The van der Waals surface area contributed by atoms with E-state index < -0.39 is 38.0 Å². The normalized spacial score (nSPS) is 17.7. The summed E-state index contributed by atoms with van der Waals surface area (Å²) in [4.78, 5) is 24.0. The molecule has 0 amide bonds. The van der Waals surface area contributed by atoms with Crippen molar-refractivity contribution < 1.29 is 32.6 Å². The Morgan fingerprint density at radius 2 is 1.69 bits per heavy atom. The van der Waals surface area contributed by atoms with Crippen molar-refractivity contribution in [3.8, 4) is 5.75 Å². The molecule has 1 saturated carbocycles. The van der Waals surface area contributed by atoms with E-state index in [4.69, 9.17) is 9.47 Å². The molecule has 0 aromatic heterocycles. The Morgan fingerprint density at radius 1 is 1.15 bits per heavy atom. The second-order valence-corrected chi connectivity index (χ2v) is 9.76. The third kappa shape index (κ3) is 3.42. The Bertz CT molecular complexity index is 784. The molecule has 1 aromatic carbocycles. The zero-order chi connectivity index (χ0) is 19.8. The van der Waals surface area contributed by atoms with Gasteiger partial charge in [0, 0.05) is 0 Å². The van der Waals surface area contributed by atoms with Crippen LogP contribution in [0.15, 0.2) is 29.2 Å². The highest BCUT2D eigenvalue weighted by atomic mass is 32.2. The van der Waals surface area contributed by atoms with Gasteiger partial charge in [0.25, 0.3) is 0 Å². The van der Waals surface area contributed by atoms with E-state index >= 15 is 0 Å². The maximum absolute atomic E-state index is 13.2. The molecule has 0 spiro atoms. The van der Waals surface area contributed by atoms with E-state index in [0.29, 0.717) is 12.2 Å². The van der Waals surface area contributed by atoms with Crippen LogP contribution in [-0.4, -0.2) is 43.4 Å². The molecule has 1 aliphatic carbocycles. The van der Waals surface area contributed by atoms with Gasteiger partial charge in [0.15, 0.2) is 9.84 Å². The molecule has 1 N–H and O–H groups in total. The van der Waals surface area contributed by atoms with E-state index in [9.17, 15) is 23.1 Å². The Labute approximate surface area is 153 Å². The average molecular weight is 384 g/mol. The molecule has 0 radical (unpaired) electrons. The minimum Gasteiger partial charge on any atom is -0.497 e. The van der Waals surface area contributed by atoms with E-state index in [1.807, 2.05) is 0 Å². The number of hydrogen-bond acceptors (Lipinski definition) is 6. The summed E-state index contributed by atoms with van der Waals surface area (Å²) >= 11 is 0. The van der Waals surface area contributed by atoms with E-state index in [0.717, 1.165) is 0 Å². The van der Waals surface area contributed by atoms with Crippen molar-refractivity contribution in [2.75, 3.05) is 7.11 Å². The van der Waals surface area contributed by atoms with Gasteiger partial charge in [-0.3, -0.25) is 4.79 Å². The van der Waals surface area contributed by atoms with Gasteiger partial charge in [0.2, 0.25) is 6.10 Å². The Kier molecular flexibility index (Phi) is 5.37. The Morgan fingerprint density at radius 3 is 2.04 bits per heavy atom. The first-order valence-electron chi connectivity index (χ1n) is 8.28. The first kappa shape index (κ1) is 20.2. The molecule has 0 aliphatic heterocycles. The summed E-state index contributed by atoms with van der Waals surface area (Å²) in [5, 5.41) is 9.62. The van der Waals surface area contributed by atoms with E-state index in [2.05, 4.69) is 0 Å². The van der Waals surface area contributed by atoms with Crippen LogP contribution in [0.1, 0.15) is 40.0 Å². The molecule has 144 valence electrons. The zero-order valence-corrected chi connectivity index (χ0v) is 16.1. The lowest BCUT2D eigenvalue weighted by Crippen LogP contribution is -2.59. The summed E-state index contributed by atoms with van der Waals surface area (Å²) < 4.78 is 35.0. The standard InChI is InChI=1S/C18H24O7S/c1-17(2,3)16(21)25-14(15(19)20)18(10-5-11-18)26(22,23)13-8-6-12(24-4)7-9-13/h6-9,14H,5,10-11H2,1-4H3,(H,19,20). The number of esters is 1. The molecule has 7 nitrogen and oxygen atoms in total. The number of carboxylic acid groups (broad SMARTS) is 1. The summed E-state index contributed by atoms with van der Waals surface area (Å²) in [7, 11) is -2.58. The van der Waals surface area contributed by atoms with Gasteiger partial charge in [-0.1, -0.05) is 0 Å². The molecule has 0 heterocycles. The zero-order valence-electron chi connectivity index (χ0n) is 15.3. The van der Waals surface area contributed by atoms with Crippen LogP contribution in [-0.2, 0) is 24.2 Å². The van der Waals surface area contributed by atoms with Crippen molar-refractivity contribution in [3.63, 3.8) is 0 Å². The lowest BCUT2D eigenvalue weighted by molar-refractivity contribution is -0.174. The van der Waals surface area contributed by atoms with Gasteiger partial charge in [-0.25, -0.2) is 13.2 Å². The maximum atomic E-state index is 13.2. The lowest BCUT2D eigenvalue weighted by Gasteiger charge is -2.44. The summed E-state index contributed by atoms with van der Waals surface area (Å²) in [6, 6.07) is 5.74. The van der Waals surface area contributed by atoms with Gasteiger partial charge < -0.3 is 14.6 Å². The highest BCUT2D eigenvalue weighted by Gasteiger charge is 2.60. The number of carboxylic acids is 1. The van der Waals surface area contributed by atoms with Crippen LogP contribution in [0.4, 0.5) is 0 Å². The molecule has 26 heavy (non-hydrogen) atoms. The van der Waals surface area contributed by atoms with Crippen molar-refractivity contribution in [2.24, 2.45) is 5.41 Å². The van der Waals surface area contributed by atoms with Crippen LogP contribution in [0, 0.1) is 5.41 Å². The van der Waals surface area contributed by atoms with Crippen molar-refractivity contribution in [1.29, 1.82) is 0 Å². The number of rotatable bonds is 6. The number of aliphatic carboxylic acids is 1. The van der Waals surface area contributed by atoms with Crippen LogP contribution in [0.3, 0.4) is 0 Å². The second-order valence-electron chi connectivity index (χ2n) is 7.47. The number of ether oxygens (including phenoxy) is 2. The van der Waals surface area contributed by atoms with Gasteiger partial charge in [0.05, 0.1) is 17.4 Å². The van der Waals surface area contributed by atoms with Crippen LogP contribution in [0.25, 0.3) is 0 Å². The summed E-state index contributed by atoms with van der Waals surface area (Å²) in [5.74, 6) is -1.72. The molecular formula is C18H24O7S. The highest BCUT2D eigenvalue weighted by molar-refractivity contribution is 7.93. The van der Waals surface area contributed by atoms with Gasteiger partial charge >= 0.3 is 11.9 Å². The predicted octanol–water partition coefficient (Wildman–Crippen LogP) is 2.43. The molecule has 1 unspecified atom stereocenters. The van der Waals surface area contributed by atoms with Crippen LogP contribution < -0.4 is 4.74 Å². The molecule has 8 heteroatoms. The molecule has 1 fully saturated rings. The van der Waals surface area contributed by atoms with Crippen molar-refractivity contribution in [1.82, 2.24) is 0 Å².